The molecule has 0 saturated heterocycles. The van der Waals surface area contributed by atoms with Gasteiger partial charge in [-0.3, -0.25) is 19.0 Å². The summed E-state index contributed by atoms with van der Waals surface area (Å²) in [6, 6.07) is 20.0. The van der Waals surface area contributed by atoms with Crippen molar-refractivity contribution in [1.29, 1.82) is 5.41 Å². The number of ether oxygens (including phenoxy) is 1. The Balaban J connectivity index is 1.40. The van der Waals surface area contributed by atoms with Crippen LogP contribution in [-0.2, 0) is 35.3 Å². The number of imide groups is 1. The van der Waals surface area contributed by atoms with E-state index >= 15 is 0 Å². The van der Waals surface area contributed by atoms with Gasteiger partial charge in [-0.25, -0.2) is 4.79 Å². The molecule has 2 N–H and O–H groups in total. The number of allylic oxidation sites excluding steroid dienone is 4. The Hall–Kier alpha value is -5.59. The van der Waals surface area contributed by atoms with Gasteiger partial charge in [0.25, 0.3) is 21.9 Å². The van der Waals surface area contributed by atoms with Crippen LogP contribution in [0.1, 0.15) is 80.4 Å². The highest BCUT2D eigenvalue weighted by Gasteiger charge is 2.47. The summed E-state index contributed by atoms with van der Waals surface area (Å²) in [5, 5.41) is 8.37. The third-order valence-corrected chi connectivity index (χ3v) is 11.6. The second-order valence-electron chi connectivity index (χ2n) is 15.1. The lowest BCUT2D eigenvalue weighted by Gasteiger charge is -2.18. The smallest absolute Gasteiger partial charge is 0.337 e. The molecule has 3 aliphatic rings. The molecule has 3 aromatic carbocycles. The molecule has 0 spiro atoms. The maximum absolute atomic E-state index is 12.4. The topological polar surface area (TPSA) is 148 Å². The number of benzene rings is 3. The molecule has 0 atom stereocenters. The number of amides is 2. The van der Waals surface area contributed by atoms with Crippen molar-refractivity contribution < 1.29 is 41.2 Å². The summed E-state index contributed by atoms with van der Waals surface area (Å²) < 4.78 is 43.7. The first-order valence-corrected chi connectivity index (χ1v) is 19.6. The van der Waals surface area contributed by atoms with E-state index < -0.39 is 38.7 Å². The van der Waals surface area contributed by atoms with E-state index in [1.807, 2.05) is 48.8 Å². The van der Waals surface area contributed by atoms with Crippen LogP contribution >= 0.6 is 0 Å². The van der Waals surface area contributed by atoms with Gasteiger partial charge in [0.2, 0.25) is 11.4 Å². The number of rotatable bonds is 13. The van der Waals surface area contributed by atoms with Crippen molar-refractivity contribution in [1.82, 2.24) is 4.90 Å². The average molecular weight is 763 g/mol. The van der Waals surface area contributed by atoms with Crippen molar-refractivity contribution in [2.45, 2.75) is 69.1 Å². The average Bonchev–Trinajstić information content (AvgIpc) is 3.65. The summed E-state index contributed by atoms with van der Waals surface area (Å²) in [5.74, 6) is -1.26. The van der Waals surface area contributed by atoms with Gasteiger partial charge in [0.15, 0.2) is 11.4 Å². The number of unbranched alkanes of at least 4 members (excludes halogenated alkanes) is 2. The summed E-state index contributed by atoms with van der Waals surface area (Å²) >= 11 is 0. The van der Waals surface area contributed by atoms with Crippen molar-refractivity contribution in [3.8, 4) is 0 Å². The molecule has 0 unspecified atom stereocenters. The zero-order valence-corrected chi connectivity index (χ0v) is 32.6. The molecule has 0 bridgehead atoms. The molecule has 55 heavy (non-hydrogen) atoms. The first-order chi connectivity index (χ1) is 25.9. The maximum atomic E-state index is 12.4. The third kappa shape index (κ3) is 7.56. The number of hydrogen-bond acceptors (Lipinski definition) is 7. The van der Waals surface area contributed by atoms with E-state index in [0.717, 1.165) is 62.8 Å². The van der Waals surface area contributed by atoms with Crippen LogP contribution in [0.4, 0.5) is 11.4 Å². The van der Waals surface area contributed by atoms with Gasteiger partial charge in [-0.15, -0.1) is 0 Å². The van der Waals surface area contributed by atoms with Crippen LogP contribution < -0.4 is 0 Å². The predicted molar refractivity (Wildman–Crippen MR) is 211 cm³/mol. The molecule has 0 aromatic heterocycles. The Morgan fingerprint density at radius 2 is 1.55 bits per heavy atom. The maximum Gasteiger partial charge on any atom is 0.337 e. The number of para-hydroxylation sites is 1. The van der Waals surface area contributed by atoms with Gasteiger partial charge in [-0.1, -0.05) is 30.3 Å². The molecule has 12 heteroatoms. The van der Waals surface area contributed by atoms with Gasteiger partial charge in [-0.2, -0.15) is 17.6 Å². The first kappa shape index (κ1) is 39.1. The summed E-state index contributed by atoms with van der Waals surface area (Å²) in [7, 11) is -3.13. The van der Waals surface area contributed by atoms with Gasteiger partial charge < -0.3 is 10.1 Å². The molecule has 3 aromatic rings. The highest BCUT2D eigenvalue weighted by Crippen LogP contribution is 2.47. The van der Waals surface area contributed by atoms with Crippen molar-refractivity contribution >= 4 is 63.0 Å². The number of carbonyl (C=O) groups is 3. The van der Waals surface area contributed by atoms with Crippen LogP contribution in [0.3, 0.4) is 0 Å². The van der Waals surface area contributed by atoms with Crippen molar-refractivity contribution in [2.75, 3.05) is 20.2 Å². The van der Waals surface area contributed by atoms with Gasteiger partial charge in [0, 0.05) is 59.7 Å². The Kier molecular flexibility index (Phi) is 10.6. The molecule has 0 saturated carbocycles. The number of fused-ring (bicyclic) bond motifs is 2. The number of nitrogens with zero attached hydrogens (tertiary/aromatic N) is 3. The van der Waals surface area contributed by atoms with Gasteiger partial charge >= 0.3 is 5.97 Å². The summed E-state index contributed by atoms with van der Waals surface area (Å²) in [6.45, 7) is 13.3. The fraction of sp³-hybridized carbons (Fsp3) is 0.302. The minimum Gasteiger partial charge on any atom is -0.465 e. The quantitative estimate of drug-likeness (QED) is 0.0481. The molecule has 284 valence electrons. The highest BCUT2D eigenvalue weighted by molar-refractivity contribution is 7.85. The SMILES string of the molecule is C=[N+]1C(=CC(=CC2=[N+](CCCCCC(=N)CN3C(=O)C=CC3=O)c3ccc(S(=O)(=O)O)cc3C2(C)C)c2ccc(C(=O)OC)cc2)C(C)(C)c2ccccc21. The van der Waals surface area contributed by atoms with Crippen LogP contribution in [0.25, 0.3) is 5.57 Å². The molecule has 3 aliphatic heterocycles. The van der Waals surface area contributed by atoms with E-state index in [1.165, 1.54) is 31.4 Å². The van der Waals surface area contributed by atoms with Crippen LogP contribution in [0.15, 0.2) is 102 Å². The van der Waals surface area contributed by atoms with E-state index in [0.29, 0.717) is 30.7 Å². The standard InChI is InChI=1S/C43H45N4O7S/c1-42(2)33-13-9-10-14-35(33)45(5)37(42)24-30(28-15-17-29(18-16-28)41(50)54-6)25-38-43(3,4)34-26-32(55(51,52)53)19-20-36(34)46(38)23-11-7-8-12-31(44)27-47-39(48)21-22-40(47)49/h9-10,13-22,24-26,44H,5,7-8,11-12,23,27H2,1-4,6H3/q+1/p+1. The summed E-state index contributed by atoms with van der Waals surface area (Å²) in [4.78, 5) is 37.2. The lowest BCUT2D eigenvalue weighted by Crippen LogP contribution is -2.34. The molecular weight excluding hydrogens is 717 g/mol. The van der Waals surface area contributed by atoms with Crippen LogP contribution in [-0.4, -0.2) is 83.1 Å². The number of methoxy groups -OCH3 is 1. The van der Waals surface area contributed by atoms with Crippen molar-refractivity contribution in [3.63, 3.8) is 0 Å². The number of nitrogens with one attached hydrogen (secondary N) is 1. The van der Waals surface area contributed by atoms with E-state index in [1.54, 1.807) is 18.2 Å². The molecule has 0 aliphatic carbocycles. The van der Waals surface area contributed by atoms with E-state index in [9.17, 15) is 27.4 Å². The Labute approximate surface area is 321 Å². The van der Waals surface area contributed by atoms with Gasteiger partial charge in [0.05, 0.1) is 34.9 Å². The number of esters is 1. The predicted octanol–water partition coefficient (Wildman–Crippen LogP) is 6.90. The molecule has 11 nitrogen and oxygen atoms in total. The Morgan fingerprint density at radius 1 is 0.891 bits per heavy atom. The minimum atomic E-state index is -4.47. The zero-order chi connectivity index (χ0) is 39.9. The van der Waals surface area contributed by atoms with Gasteiger partial charge in [0.1, 0.15) is 13.3 Å². The normalized spacial score (nSPS) is 18.0. The molecule has 0 fully saturated rings. The van der Waals surface area contributed by atoms with E-state index in [2.05, 4.69) is 43.4 Å². The molecule has 3 heterocycles. The third-order valence-electron chi connectivity index (χ3n) is 10.8. The fourth-order valence-electron chi connectivity index (χ4n) is 7.68. The zero-order valence-electron chi connectivity index (χ0n) is 31.8. The van der Waals surface area contributed by atoms with Crippen molar-refractivity contribution in [3.05, 3.63) is 119 Å². The fourth-order valence-corrected chi connectivity index (χ4v) is 8.19. The lowest BCUT2D eigenvalue weighted by molar-refractivity contribution is -0.438. The lowest BCUT2D eigenvalue weighted by atomic mass is 9.79. The molecule has 0 radical (unpaired) electrons. The first-order valence-electron chi connectivity index (χ1n) is 18.1. The van der Waals surface area contributed by atoms with Crippen LogP contribution in [0, 0.1) is 5.41 Å². The van der Waals surface area contributed by atoms with Crippen LogP contribution in [0.5, 0.6) is 0 Å². The Bertz CT molecular complexity index is 2360. The highest BCUT2D eigenvalue weighted by atomic mass is 32.2. The largest absolute Gasteiger partial charge is 0.465 e. The van der Waals surface area contributed by atoms with E-state index in [-0.39, 0.29) is 11.4 Å². The van der Waals surface area contributed by atoms with Crippen molar-refractivity contribution in [2.24, 2.45) is 0 Å². The molecule has 6 rings (SSSR count). The van der Waals surface area contributed by atoms with E-state index in [4.69, 9.17) is 10.1 Å². The molecular formula is C43H46N4O7S+2. The number of hydrogen-bond donors (Lipinski definition) is 2. The van der Waals surface area contributed by atoms with Gasteiger partial charge in [-0.05, 0) is 82.4 Å². The summed E-state index contributed by atoms with van der Waals surface area (Å²) in [5.41, 5.74) is 6.83. The second kappa shape index (κ2) is 14.9. The van der Waals surface area contributed by atoms with Crippen LogP contribution in [0.2, 0.25) is 0 Å². The number of carbonyl (C=O) groups excluding carboxylic acids is 3. The minimum absolute atomic E-state index is 0.0251. The molecule has 2 amide bonds. The second-order valence-corrected chi connectivity index (χ2v) is 16.5. The summed E-state index contributed by atoms with van der Waals surface area (Å²) in [6.07, 6.45) is 9.25. The monoisotopic (exact) mass is 762 g/mol. The Morgan fingerprint density at radius 3 is 2.18 bits per heavy atom.